The van der Waals surface area contributed by atoms with Crippen molar-refractivity contribution in [3.05, 3.63) is 187 Å². The number of aliphatic imine (C=N–C) groups is 1. The molecule has 0 spiro atoms. The van der Waals surface area contributed by atoms with Crippen molar-refractivity contribution < 1.29 is 0 Å². The molecule has 0 amide bonds. The summed E-state index contributed by atoms with van der Waals surface area (Å²) in [5, 5.41) is 3.52. The van der Waals surface area contributed by atoms with E-state index in [1.807, 2.05) is 0 Å². The molecule has 4 heteroatoms. The Bertz CT molecular complexity index is 2840. The van der Waals surface area contributed by atoms with Crippen LogP contribution in [0, 0.1) is 0 Å². The van der Waals surface area contributed by atoms with Crippen LogP contribution in [0.15, 0.2) is 175 Å². The molecule has 0 atom stereocenters. The van der Waals surface area contributed by atoms with Crippen LogP contribution in [0.25, 0.3) is 55.2 Å². The molecule has 0 N–H and O–H groups in total. The lowest BCUT2D eigenvalue weighted by Gasteiger charge is -2.26. The van der Waals surface area contributed by atoms with Crippen LogP contribution in [0.5, 0.6) is 0 Å². The zero-order chi connectivity index (χ0) is 35.7. The summed E-state index contributed by atoms with van der Waals surface area (Å²) < 4.78 is 4.73. The maximum absolute atomic E-state index is 4.83. The molecule has 0 radical (unpaired) electrons. The van der Waals surface area contributed by atoms with Crippen LogP contribution in [0.4, 0.5) is 17.2 Å². The molecule has 4 nitrogen and oxygen atoms in total. The first-order valence-corrected chi connectivity index (χ1v) is 18.3. The van der Waals surface area contributed by atoms with E-state index in [1.165, 1.54) is 44.1 Å². The molecule has 0 aliphatic heterocycles. The van der Waals surface area contributed by atoms with E-state index in [0.29, 0.717) is 6.54 Å². The monoisotopic (exact) mass is 682 g/mol. The predicted octanol–water partition coefficient (Wildman–Crippen LogP) is 12.7. The molecule has 254 valence electrons. The molecule has 53 heavy (non-hydrogen) atoms. The maximum atomic E-state index is 4.83. The van der Waals surface area contributed by atoms with Crippen molar-refractivity contribution in [1.29, 1.82) is 0 Å². The lowest BCUT2D eigenvalue weighted by molar-refractivity contribution is 0.660. The van der Waals surface area contributed by atoms with Crippen LogP contribution in [-0.4, -0.2) is 15.9 Å². The molecular weight excluding hydrogens is 645 g/mol. The number of anilines is 2. The van der Waals surface area contributed by atoms with Crippen molar-refractivity contribution in [2.24, 2.45) is 4.99 Å². The second-order valence-electron chi connectivity index (χ2n) is 14.5. The summed E-state index contributed by atoms with van der Waals surface area (Å²) in [6, 6.07) is 61.3. The highest BCUT2D eigenvalue weighted by Gasteiger charge is 2.35. The fourth-order valence-corrected chi connectivity index (χ4v) is 8.75. The Kier molecular flexibility index (Phi) is 7.02. The minimum Gasteiger partial charge on any atom is -0.333 e. The van der Waals surface area contributed by atoms with E-state index >= 15 is 0 Å². The Morgan fingerprint density at radius 3 is 1.92 bits per heavy atom. The largest absolute Gasteiger partial charge is 0.333 e. The minimum absolute atomic E-state index is 0.105. The SMILES string of the molecule is C=Nc1c(N(Cc2ccccc2)c2ccccc2)c2cc3c(cc2n1-c1ccccc1)c1ccccc1n3-c1ccc2c(c1)C(C)(C)c1ccccc1-2. The highest BCUT2D eigenvalue weighted by molar-refractivity contribution is 6.17. The first-order valence-electron chi connectivity index (χ1n) is 18.3. The van der Waals surface area contributed by atoms with Gasteiger partial charge in [-0.05, 0) is 89.1 Å². The van der Waals surface area contributed by atoms with Crippen molar-refractivity contribution in [2.45, 2.75) is 25.8 Å². The van der Waals surface area contributed by atoms with E-state index in [4.69, 9.17) is 4.99 Å². The molecule has 9 aromatic rings. The number of rotatable bonds is 7. The van der Waals surface area contributed by atoms with E-state index in [1.54, 1.807) is 0 Å². The third kappa shape index (κ3) is 4.72. The van der Waals surface area contributed by atoms with Crippen molar-refractivity contribution in [3.63, 3.8) is 0 Å². The number of fused-ring (bicyclic) bond motifs is 7. The molecule has 1 aliphatic carbocycles. The maximum Gasteiger partial charge on any atom is 0.161 e. The van der Waals surface area contributed by atoms with Gasteiger partial charge in [-0.1, -0.05) is 129 Å². The third-order valence-electron chi connectivity index (χ3n) is 11.2. The molecule has 0 fully saturated rings. The molecule has 0 bridgehead atoms. The zero-order valence-corrected chi connectivity index (χ0v) is 29.9. The van der Waals surface area contributed by atoms with Gasteiger partial charge < -0.3 is 9.47 Å². The topological polar surface area (TPSA) is 25.5 Å². The zero-order valence-electron chi connectivity index (χ0n) is 29.9. The normalized spacial score (nSPS) is 13.0. The van der Waals surface area contributed by atoms with Crippen LogP contribution >= 0.6 is 0 Å². The molecule has 0 saturated heterocycles. The highest BCUT2D eigenvalue weighted by atomic mass is 15.2. The number of nitrogens with zero attached hydrogens (tertiary/aromatic N) is 4. The number of hydrogen-bond acceptors (Lipinski definition) is 2. The molecule has 2 aromatic heterocycles. The Hall–Kier alpha value is -6.65. The second-order valence-corrected chi connectivity index (χ2v) is 14.5. The molecule has 10 rings (SSSR count). The van der Waals surface area contributed by atoms with Crippen LogP contribution < -0.4 is 4.90 Å². The van der Waals surface area contributed by atoms with Gasteiger partial charge in [0, 0.05) is 45.2 Å². The molecular formula is C49H38N4. The highest BCUT2D eigenvalue weighted by Crippen LogP contribution is 2.51. The van der Waals surface area contributed by atoms with Crippen LogP contribution in [0.3, 0.4) is 0 Å². The van der Waals surface area contributed by atoms with Crippen molar-refractivity contribution in [1.82, 2.24) is 9.13 Å². The van der Waals surface area contributed by atoms with Crippen LogP contribution in [0.1, 0.15) is 30.5 Å². The molecule has 2 heterocycles. The Morgan fingerprint density at radius 1 is 0.528 bits per heavy atom. The third-order valence-corrected chi connectivity index (χ3v) is 11.2. The minimum atomic E-state index is -0.105. The van der Waals surface area contributed by atoms with Gasteiger partial charge in [0.25, 0.3) is 0 Å². The number of aromatic nitrogens is 2. The summed E-state index contributed by atoms with van der Waals surface area (Å²) in [7, 11) is 0. The fourth-order valence-electron chi connectivity index (χ4n) is 8.75. The van der Waals surface area contributed by atoms with Gasteiger partial charge in [-0.3, -0.25) is 4.57 Å². The van der Waals surface area contributed by atoms with E-state index in [0.717, 1.165) is 45.0 Å². The Balaban J connectivity index is 1.30. The molecule has 1 aliphatic rings. The standard InChI is InChI=1S/C49H38N4/c1-49(2)42-25-15-13-23-37(42)38-28-27-36(29-43(38)49)52-44-26-16-14-24-39(44)40-30-46-41(31-45(40)52)47(48(50-3)53(46)35-21-11-6-12-22-35)51(34-19-9-5-10-20-34)32-33-17-7-4-8-18-33/h4-31H,3,32H2,1-2H3. The fraction of sp³-hybridized carbons (Fsp3) is 0.0816. The average molecular weight is 683 g/mol. The van der Waals surface area contributed by atoms with Gasteiger partial charge in [-0.2, -0.15) is 0 Å². The molecule has 7 aromatic carbocycles. The van der Waals surface area contributed by atoms with E-state index in [2.05, 4.69) is 204 Å². The van der Waals surface area contributed by atoms with E-state index < -0.39 is 0 Å². The second kappa shape index (κ2) is 12.0. The summed E-state index contributed by atoms with van der Waals surface area (Å²) >= 11 is 0. The van der Waals surface area contributed by atoms with E-state index in [-0.39, 0.29) is 5.41 Å². The van der Waals surface area contributed by atoms with E-state index in [9.17, 15) is 0 Å². The lowest BCUT2D eigenvalue weighted by atomic mass is 9.82. The smallest absolute Gasteiger partial charge is 0.161 e. The Morgan fingerprint density at radius 2 is 1.15 bits per heavy atom. The summed E-state index contributed by atoms with van der Waals surface area (Å²) in [4.78, 5) is 7.23. The van der Waals surface area contributed by atoms with Gasteiger partial charge in [0.1, 0.15) is 0 Å². The number of hydrogen-bond donors (Lipinski definition) is 0. The van der Waals surface area contributed by atoms with Crippen molar-refractivity contribution in [2.75, 3.05) is 4.90 Å². The summed E-state index contributed by atoms with van der Waals surface area (Å²) in [5.74, 6) is 0.812. The van der Waals surface area contributed by atoms with Crippen LogP contribution in [-0.2, 0) is 12.0 Å². The van der Waals surface area contributed by atoms with Gasteiger partial charge in [0.15, 0.2) is 5.82 Å². The van der Waals surface area contributed by atoms with Crippen molar-refractivity contribution >= 4 is 56.6 Å². The summed E-state index contributed by atoms with van der Waals surface area (Å²) in [5.41, 5.74) is 14.2. The average Bonchev–Trinajstić information content (AvgIpc) is 3.79. The number of benzene rings is 7. The summed E-state index contributed by atoms with van der Waals surface area (Å²) in [6.07, 6.45) is 0. The molecule has 0 unspecified atom stereocenters. The van der Waals surface area contributed by atoms with Gasteiger partial charge in [-0.15, -0.1) is 0 Å². The summed E-state index contributed by atoms with van der Waals surface area (Å²) in [6.45, 7) is 9.56. The van der Waals surface area contributed by atoms with Gasteiger partial charge in [0.05, 0.1) is 22.2 Å². The first-order chi connectivity index (χ1) is 26.0. The predicted molar refractivity (Wildman–Crippen MR) is 223 cm³/mol. The number of para-hydroxylation sites is 3. The van der Waals surface area contributed by atoms with Gasteiger partial charge in [0.2, 0.25) is 0 Å². The van der Waals surface area contributed by atoms with Gasteiger partial charge >= 0.3 is 0 Å². The first kappa shape index (κ1) is 31.1. The van der Waals surface area contributed by atoms with Gasteiger partial charge in [-0.25, -0.2) is 4.99 Å². The lowest BCUT2D eigenvalue weighted by Crippen LogP contribution is -2.16. The molecule has 0 saturated carbocycles. The Labute approximate surface area is 309 Å². The van der Waals surface area contributed by atoms with Crippen LogP contribution in [0.2, 0.25) is 0 Å². The quantitative estimate of drug-likeness (QED) is 0.154. The van der Waals surface area contributed by atoms with Crippen molar-refractivity contribution in [3.8, 4) is 22.5 Å².